The van der Waals surface area contributed by atoms with Crippen molar-refractivity contribution >= 4 is 23.4 Å². The molecule has 0 saturated heterocycles. The van der Waals surface area contributed by atoms with Gasteiger partial charge in [0, 0.05) is 5.69 Å². The molecule has 19 heavy (non-hydrogen) atoms. The number of hydrogen-bond donors (Lipinski definition) is 1. The third-order valence-corrected chi connectivity index (χ3v) is 3.63. The summed E-state index contributed by atoms with van der Waals surface area (Å²) in [5.41, 5.74) is 2.09. The van der Waals surface area contributed by atoms with Crippen molar-refractivity contribution in [1.29, 1.82) is 0 Å². The van der Waals surface area contributed by atoms with Gasteiger partial charge in [-0.25, -0.2) is 0 Å². The minimum atomic E-state index is 0.0183. The summed E-state index contributed by atoms with van der Waals surface area (Å²) in [6.07, 6.45) is 2.61. The monoisotopic (exact) mass is 275 g/mol. The zero-order valence-electron chi connectivity index (χ0n) is 10.9. The molecular formula is C15H17NO2S. The maximum Gasteiger partial charge on any atom is 0.234 e. The van der Waals surface area contributed by atoms with E-state index in [0.717, 1.165) is 23.6 Å². The van der Waals surface area contributed by atoms with Crippen molar-refractivity contribution in [1.82, 2.24) is 0 Å². The lowest BCUT2D eigenvalue weighted by molar-refractivity contribution is -0.113. The Kier molecular flexibility index (Phi) is 5.10. The maximum absolute atomic E-state index is 11.8. The van der Waals surface area contributed by atoms with E-state index in [0.29, 0.717) is 5.75 Å². The van der Waals surface area contributed by atoms with Crippen LogP contribution in [-0.4, -0.2) is 11.7 Å². The zero-order chi connectivity index (χ0) is 13.5. The van der Waals surface area contributed by atoms with Gasteiger partial charge in [0.2, 0.25) is 5.91 Å². The van der Waals surface area contributed by atoms with Gasteiger partial charge < -0.3 is 9.73 Å². The normalized spacial score (nSPS) is 10.4. The Labute approximate surface area is 117 Å². The molecule has 0 aliphatic rings. The van der Waals surface area contributed by atoms with Gasteiger partial charge in [0.05, 0.1) is 17.8 Å². The molecule has 1 amide bonds. The summed E-state index contributed by atoms with van der Waals surface area (Å²) in [5, 5.41) is 2.91. The Bertz CT molecular complexity index is 523. The summed E-state index contributed by atoms with van der Waals surface area (Å²) in [4.78, 5) is 11.8. The second kappa shape index (κ2) is 7.04. The van der Waals surface area contributed by atoms with Gasteiger partial charge in [-0.3, -0.25) is 4.79 Å². The third kappa shape index (κ3) is 4.48. The van der Waals surface area contributed by atoms with Crippen molar-refractivity contribution < 1.29 is 9.21 Å². The molecule has 1 N–H and O–H groups in total. The van der Waals surface area contributed by atoms with E-state index in [-0.39, 0.29) is 5.91 Å². The first-order valence-corrected chi connectivity index (χ1v) is 7.42. The van der Waals surface area contributed by atoms with Crippen LogP contribution in [0.4, 0.5) is 5.69 Å². The van der Waals surface area contributed by atoms with Gasteiger partial charge in [0.1, 0.15) is 5.76 Å². The Morgan fingerprint density at radius 3 is 2.95 bits per heavy atom. The van der Waals surface area contributed by atoms with Crippen LogP contribution in [0, 0.1) is 0 Å². The van der Waals surface area contributed by atoms with Crippen LogP contribution >= 0.6 is 11.8 Å². The van der Waals surface area contributed by atoms with E-state index in [4.69, 9.17) is 4.42 Å². The van der Waals surface area contributed by atoms with E-state index in [1.807, 2.05) is 30.3 Å². The predicted molar refractivity (Wildman–Crippen MR) is 79.3 cm³/mol. The molecule has 100 valence electrons. The lowest BCUT2D eigenvalue weighted by atomic mass is 10.1. The third-order valence-electron chi connectivity index (χ3n) is 2.68. The van der Waals surface area contributed by atoms with Crippen molar-refractivity contribution in [3.05, 3.63) is 54.0 Å². The van der Waals surface area contributed by atoms with Gasteiger partial charge in [-0.2, -0.15) is 0 Å². The maximum atomic E-state index is 11.8. The van der Waals surface area contributed by atoms with Crippen LogP contribution in [0.5, 0.6) is 0 Å². The van der Waals surface area contributed by atoms with Crippen LogP contribution < -0.4 is 5.32 Å². The van der Waals surface area contributed by atoms with Gasteiger partial charge in [0.25, 0.3) is 0 Å². The summed E-state index contributed by atoms with van der Waals surface area (Å²) >= 11 is 1.54. The lowest BCUT2D eigenvalue weighted by Crippen LogP contribution is -2.14. The van der Waals surface area contributed by atoms with E-state index >= 15 is 0 Å². The minimum absolute atomic E-state index is 0.0183. The average Bonchev–Trinajstić information content (AvgIpc) is 2.92. The highest BCUT2D eigenvalue weighted by Gasteiger charge is 2.04. The van der Waals surface area contributed by atoms with Crippen molar-refractivity contribution in [3.63, 3.8) is 0 Å². The fraction of sp³-hybridized carbons (Fsp3) is 0.267. The van der Waals surface area contributed by atoms with Crippen molar-refractivity contribution in [3.8, 4) is 0 Å². The Hall–Kier alpha value is -1.68. The minimum Gasteiger partial charge on any atom is -0.468 e. The van der Waals surface area contributed by atoms with Gasteiger partial charge in [-0.15, -0.1) is 11.8 Å². The largest absolute Gasteiger partial charge is 0.468 e. The molecule has 2 rings (SSSR count). The van der Waals surface area contributed by atoms with Crippen LogP contribution in [0.25, 0.3) is 0 Å². The number of furan rings is 1. The number of hydrogen-bond acceptors (Lipinski definition) is 3. The molecule has 0 radical (unpaired) electrons. The van der Waals surface area contributed by atoms with E-state index in [2.05, 4.69) is 18.3 Å². The fourth-order valence-electron chi connectivity index (χ4n) is 1.71. The number of rotatable bonds is 6. The number of benzene rings is 1. The van der Waals surface area contributed by atoms with Gasteiger partial charge in [-0.05, 0) is 36.2 Å². The molecule has 1 heterocycles. The molecular weight excluding hydrogens is 258 g/mol. The first kappa shape index (κ1) is 13.7. The van der Waals surface area contributed by atoms with Crippen LogP contribution in [0.15, 0.2) is 47.1 Å². The van der Waals surface area contributed by atoms with Crippen LogP contribution in [-0.2, 0) is 17.0 Å². The Morgan fingerprint density at radius 1 is 1.32 bits per heavy atom. The number of carbonyl (C=O) groups is 1. The van der Waals surface area contributed by atoms with Crippen LogP contribution in [0.3, 0.4) is 0 Å². The molecule has 0 spiro atoms. The summed E-state index contributed by atoms with van der Waals surface area (Å²) in [6.45, 7) is 2.10. The first-order chi connectivity index (χ1) is 9.28. The van der Waals surface area contributed by atoms with Crippen molar-refractivity contribution in [2.75, 3.05) is 11.1 Å². The highest BCUT2D eigenvalue weighted by atomic mass is 32.2. The van der Waals surface area contributed by atoms with Gasteiger partial charge in [0.15, 0.2) is 0 Å². The summed E-state index contributed by atoms with van der Waals surface area (Å²) in [6, 6.07) is 11.7. The lowest BCUT2D eigenvalue weighted by Gasteiger charge is -2.06. The summed E-state index contributed by atoms with van der Waals surface area (Å²) < 4.78 is 5.21. The molecule has 3 nitrogen and oxygen atoms in total. The molecule has 0 aliphatic carbocycles. The average molecular weight is 275 g/mol. The predicted octanol–water partition coefficient (Wildman–Crippen LogP) is 3.71. The smallest absolute Gasteiger partial charge is 0.234 e. The van der Waals surface area contributed by atoms with E-state index in [1.165, 1.54) is 5.56 Å². The van der Waals surface area contributed by atoms with E-state index in [9.17, 15) is 4.79 Å². The molecule has 0 atom stereocenters. The number of carbonyl (C=O) groups excluding carboxylic acids is 1. The second-order valence-corrected chi connectivity index (χ2v) is 5.16. The highest BCUT2D eigenvalue weighted by molar-refractivity contribution is 7.99. The fourth-order valence-corrected chi connectivity index (χ4v) is 2.43. The molecule has 0 aliphatic heterocycles. The zero-order valence-corrected chi connectivity index (χ0v) is 11.7. The molecule has 0 bridgehead atoms. The summed E-state index contributed by atoms with van der Waals surface area (Å²) in [5.74, 6) is 2.06. The van der Waals surface area contributed by atoms with E-state index < -0.39 is 0 Å². The van der Waals surface area contributed by atoms with Gasteiger partial charge >= 0.3 is 0 Å². The first-order valence-electron chi connectivity index (χ1n) is 6.27. The topological polar surface area (TPSA) is 42.2 Å². The molecule has 2 aromatic rings. The second-order valence-electron chi connectivity index (χ2n) is 4.17. The highest BCUT2D eigenvalue weighted by Crippen LogP contribution is 2.14. The molecule has 0 unspecified atom stereocenters. The standard InChI is InChI=1S/C15H17NO2S/c1-2-12-5-3-6-13(9-12)16-15(17)11-19-10-14-7-4-8-18-14/h3-9H,2,10-11H2,1H3,(H,16,17). The number of anilines is 1. The number of amides is 1. The molecule has 0 saturated carbocycles. The number of thioether (sulfide) groups is 1. The SMILES string of the molecule is CCc1cccc(NC(=O)CSCc2ccco2)c1. The van der Waals surface area contributed by atoms with Crippen molar-refractivity contribution in [2.24, 2.45) is 0 Å². The number of nitrogens with one attached hydrogen (secondary N) is 1. The van der Waals surface area contributed by atoms with Crippen LogP contribution in [0.2, 0.25) is 0 Å². The molecule has 0 fully saturated rings. The number of aryl methyl sites for hydroxylation is 1. The quantitative estimate of drug-likeness (QED) is 0.873. The Balaban J connectivity index is 1.77. The van der Waals surface area contributed by atoms with Crippen LogP contribution in [0.1, 0.15) is 18.2 Å². The molecule has 4 heteroatoms. The van der Waals surface area contributed by atoms with E-state index in [1.54, 1.807) is 18.0 Å². The molecule has 1 aromatic carbocycles. The summed E-state index contributed by atoms with van der Waals surface area (Å²) in [7, 11) is 0. The molecule has 1 aromatic heterocycles. The Morgan fingerprint density at radius 2 is 2.21 bits per heavy atom. The van der Waals surface area contributed by atoms with Crippen molar-refractivity contribution in [2.45, 2.75) is 19.1 Å². The van der Waals surface area contributed by atoms with Gasteiger partial charge in [-0.1, -0.05) is 19.1 Å².